The molecule has 0 bridgehead atoms. The van der Waals surface area contributed by atoms with Crippen LogP contribution in [0.3, 0.4) is 0 Å². The van der Waals surface area contributed by atoms with Crippen LogP contribution in [0, 0.1) is 5.92 Å². The summed E-state index contributed by atoms with van der Waals surface area (Å²) in [6.45, 7) is 6.60. The summed E-state index contributed by atoms with van der Waals surface area (Å²) in [7, 11) is 0. The lowest BCUT2D eigenvalue weighted by Crippen LogP contribution is -2.14. The van der Waals surface area contributed by atoms with Crippen LogP contribution in [0.2, 0.25) is 0 Å². The van der Waals surface area contributed by atoms with Gasteiger partial charge in [0.25, 0.3) is 0 Å². The Labute approximate surface area is 123 Å². The molecule has 1 N–H and O–H groups in total. The highest BCUT2D eigenvalue weighted by Crippen LogP contribution is 2.27. The first-order chi connectivity index (χ1) is 10.1. The minimum Gasteiger partial charge on any atom is -0.478 e. The number of ether oxygens (including phenoxy) is 1. The van der Waals surface area contributed by atoms with E-state index in [1.165, 1.54) is 0 Å². The molecule has 1 unspecified atom stereocenters. The van der Waals surface area contributed by atoms with Crippen molar-refractivity contribution in [2.45, 2.75) is 32.7 Å². The predicted molar refractivity (Wildman–Crippen MR) is 79.7 cm³/mol. The molecule has 1 aromatic heterocycles. The third-order valence-electron chi connectivity index (χ3n) is 4.02. The molecule has 0 amide bonds. The molecule has 0 aliphatic carbocycles. The fourth-order valence-electron chi connectivity index (χ4n) is 2.96. The van der Waals surface area contributed by atoms with E-state index in [-0.39, 0.29) is 11.5 Å². The van der Waals surface area contributed by atoms with Crippen LogP contribution in [-0.2, 0) is 11.3 Å². The van der Waals surface area contributed by atoms with Gasteiger partial charge in [0, 0.05) is 25.0 Å². The highest BCUT2D eigenvalue weighted by Gasteiger charge is 2.22. The lowest BCUT2D eigenvalue weighted by atomic mass is 10.1. The number of hydrogen-bond acceptors (Lipinski definition) is 3. The summed E-state index contributed by atoms with van der Waals surface area (Å²) < 4.78 is 7.62. The molecule has 1 atom stereocenters. The van der Waals surface area contributed by atoms with Gasteiger partial charge in [-0.15, -0.1) is 0 Å². The SMILES string of the molecule is CC(C)c1nc2c(C(=O)O)cccc2n1CC1CCOC1. The lowest BCUT2D eigenvalue weighted by molar-refractivity contribution is 0.0699. The molecule has 1 aromatic carbocycles. The Hall–Kier alpha value is -1.88. The molecule has 5 heteroatoms. The van der Waals surface area contributed by atoms with Crippen molar-refractivity contribution < 1.29 is 14.6 Å². The number of imidazole rings is 1. The molecular weight excluding hydrogens is 268 g/mol. The largest absolute Gasteiger partial charge is 0.478 e. The zero-order valence-corrected chi connectivity index (χ0v) is 12.4. The van der Waals surface area contributed by atoms with Crippen molar-refractivity contribution in [2.75, 3.05) is 13.2 Å². The van der Waals surface area contributed by atoms with Crippen LogP contribution in [-0.4, -0.2) is 33.8 Å². The van der Waals surface area contributed by atoms with Crippen molar-refractivity contribution in [1.82, 2.24) is 9.55 Å². The first kappa shape index (κ1) is 14.1. The molecule has 2 aromatic rings. The first-order valence-corrected chi connectivity index (χ1v) is 7.38. The van der Waals surface area contributed by atoms with Gasteiger partial charge in [-0.05, 0) is 18.6 Å². The summed E-state index contributed by atoms with van der Waals surface area (Å²) in [6.07, 6.45) is 1.05. The Bertz CT molecular complexity index is 669. The van der Waals surface area contributed by atoms with Crippen LogP contribution < -0.4 is 0 Å². The van der Waals surface area contributed by atoms with Crippen LogP contribution in [0.15, 0.2) is 18.2 Å². The number of benzene rings is 1. The van der Waals surface area contributed by atoms with Gasteiger partial charge in [0.1, 0.15) is 11.3 Å². The Kier molecular flexibility index (Phi) is 3.68. The zero-order valence-electron chi connectivity index (χ0n) is 12.4. The number of para-hydroxylation sites is 1. The van der Waals surface area contributed by atoms with Gasteiger partial charge < -0.3 is 14.4 Å². The average molecular weight is 288 g/mol. The molecule has 1 aliphatic heterocycles. The molecule has 1 fully saturated rings. The minimum atomic E-state index is -0.926. The molecule has 5 nitrogen and oxygen atoms in total. The summed E-state index contributed by atoms with van der Waals surface area (Å²) in [5, 5.41) is 9.34. The fourth-order valence-corrected chi connectivity index (χ4v) is 2.96. The topological polar surface area (TPSA) is 64.3 Å². The molecular formula is C16H20N2O3. The van der Waals surface area contributed by atoms with Crippen molar-refractivity contribution in [3.63, 3.8) is 0 Å². The zero-order chi connectivity index (χ0) is 15.0. The van der Waals surface area contributed by atoms with Gasteiger partial charge in [0.2, 0.25) is 0 Å². The maximum absolute atomic E-state index is 11.4. The second-order valence-corrected chi connectivity index (χ2v) is 5.94. The lowest BCUT2D eigenvalue weighted by Gasteiger charge is -2.15. The molecule has 3 rings (SSSR count). The maximum Gasteiger partial charge on any atom is 0.337 e. The highest BCUT2D eigenvalue weighted by atomic mass is 16.5. The number of aromatic carboxylic acids is 1. The number of hydrogen-bond donors (Lipinski definition) is 1. The van der Waals surface area contributed by atoms with E-state index in [4.69, 9.17) is 4.74 Å². The van der Waals surface area contributed by atoms with E-state index in [9.17, 15) is 9.90 Å². The minimum absolute atomic E-state index is 0.251. The number of carbonyl (C=O) groups is 1. The summed E-state index contributed by atoms with van der Waals surface area (Å²) in [4.78, 5) is 16.0. The third-order valence-corrected chi connectivity index (χ3v) is 4.02. The second kappa shape index (κ2) is 5.48. The van der Waals surface area contributed by atoms with E-state index in [0.29, 0.717) is 11.4 Å². The Morgan fingerprint density at radius 1 is 1.52 bits per heavy atom. The van der Waals surface area contributed by atoms with Gasteiger partial charge in [-0.2, -0.15) is 0 Å². The Morgan fingerprint density at radius 2 is 2.33 bits per heavy atom. The van der Waals surface area contributed by atoms with Crippen LogP contribution in [0.5, 0.6) is 0 Å². The van der Waals surface area contributed by atoms with Crippen molar-refractivity contribution in [3.05, 3.63) is 29.6 Å². The summed E-state index contributed by atoms with van der Waals surface area (Å²) in [5.41, 5.74) is 1.77. The molecule has 1 aliphatic rings. The molecule has 1 saturated heterocycles. The molecule has 2 heterocycles. The van der Waals surface area contributed by atoms with Crippen molar-refractivity contribution in [1.29, 1.82) is 0 Å². The smallest absolute Gasteiger partial charge is 0.337 e. The van der Waals surface area contributed by atoms with E-state index in [0.717, 1.165) is 37.5 Å². The summed E-state index contributed by atoms with van der Waals surface area (Å²) >= 11 is 0. The van der Waals surface area contributed by atoms with Crippen molar-refractivity contribution in [3.8, 4) is 0 Å². The van der Waals surface area contributed by atoms with Crippen molar-refractivity contribution >= 4 is 17.0 Å². The van der Waals surface area contributed by atoms with E-state index in [1.54, 1.807) is 12.1 Å². The van der Waals surface area contributed by atoms with E-state index >= 15 is 0 Å². The van der Waals surface area contributed by atoms with E-state index in [2.05, 4.69) is 23.4 Å². The number of carboxylic acid groups (broad SMARTS) is 1. The number of aromatic nitrogens is 2. The van der Waals surface area contributed by atoms with E-state index < -0.39 is 5.97 Å². The number of nitrogens with zero attached hydrogens (tertiary/aromatic N) is 2. The standard InChI is InChI=1S/C16H20N2O3/c1-10(2)15-17-14-12(16(19)20)4-3-5-13(14)18(15)8-11-6-7-21-9-11/h3-5,10-11H,6-9H2,1-2H3,(H,19,20). The highest BCUT2D eigenvalue weighted by molar-refractivity contribution is 6.01. The van der Waals surface area contributed by atoms with Gasteiger partial charge in [0.15, 0.2) is 0 Å². The Balaban J connectivity index is 2.13. The summed E-state index contributed by atoms with van der Waals surface area (Å²) in [5.74, 6) is 0.755. The second-order valence-electron chi connectivity index (χ2n) is 5.94. The molecule has 21 heavy (non-hydrogen) atoms. The Morgan fingerprint density at radius 3 is 2.95 bits per heavy atom. The van der Waals surface area contributed by atoms with Crippen molar-refractivity contribution in [2.24, 2.45) is 5.92 Å². The molecule has 0 saturated carbocycles. The van der Waals surface area contributed by atoms with Gasteiger partial charge in [-0.1, -0.05) is 19.9 Å². The molecule has 112 valence electrons. The number of rotatable bonds is 4. The monoisotopic (exact) mass is 288 g/mol. The first-order valence-electron chi connectivity index (χ1n) is 7.38. The third kappa shape index (κ3) is 2.53. The van der Waals surface area contributed by atoms with Crippen LogP contribution in [0.1, 0.15) is 42.4 Å². The normalized spacial score (nSPS) is 18.7. The fraction of sp³-hybridized carbons (Fsp3) is 0.500. The number of carboxylic acids is 1. The van der Waals surface area contributed by atoms with E-state index in [1.807, 2.05) is 6.07 Å². The average Bonchev–Trinajstić information content (AvgIpc) is 3.07. The molecule has 0 spiro atoms. The predicted octanol–water partition coefficient (Wildman–Crippen LogP) is 2.89. The quantitative estimate of drug-likeness (QED) is 0.939. The maximum atomic E-state index is 11.4. The van der Waals surface area contributed by atoms with Crippen LogP contribution in [0.4, 0.5) is 0 Å². The summed E-state index contributed by atoms with van der Waals surface area (Å²) in [6, 6.07) is 5.36. The van der Waals surface area contributed by atoms with Crippen LogP contribution >= 0.6 is 0 Å². The number of fused-ring (bicyclic) bond motifs is 1. The molecule has 0 radical (unpaired) electrons. The van der Waals surface area contributed by atoms with Gasteiger partial charge >= 0.3 is 5.97 Å². The van der Waals surface area contributed by atoms with Gasteiger partial charge in [-0.25, -0.2) is 9.78 Å². The van der Waals surface area contributed by atoms with Gasteiger partial charge in [-0.3, -0.25) is 0 Å². The van der Waals surface area contributed by atoms with Crippen LogP contribution in [0.25, 0.3) is 11.0 Å². The van der Waals surface area contributed by atoms with Gasteiger partial charge in [0.05, 0.1) is 17.7 Å².